The summed E-state index contributed by atoms with van der Waals surface area (Å²) in [4.78, 5) is 21.2. The van der Waals surface area contributed by atoms with Crippen LogP contribution in [0.4, 0.5) is 4.79 Å². The van der Waals surface area contributed by atoms with Crippen LogP contribution in [-0.4, -0.2) is 29.8 Å². The fourth-order valence-electron chi connectivity index (χ4n) is 1.20. The Bertz CT molecular complexity index is 216. The Hall–Kier alpha value is -1.26. The van der Waals surface area contributed by atoms with Crippen molar-refractivity contribution in [3.05, 3.63) is 0 Å². The molecule has 0 aliphatic heterocycles. The minimum atomic E-state index is -0.751. The Morgan fingerprint density at radius 3 is 2.38 bits per heavy atom. The Balaban J connectivity index is 3.20. The number of nitrogens with one attached hydrogen (secondary N) is 1. The lowest BCUT2D eigenvalue weighted by atomic mass is 10.1. The van der Waals surface area contributed by atoms with Crippen LogP contribution in [0.5, 0.6) is 0 Å². The van der Waals surface area contributed by atoms with Gasteiger partial charge in [-0.3, -0.25) is 4.79 Å². The van der Waals surface area contributed by atoms with Crippen molar-refractivity contribution in [2.75, 3.05) is 6.54 Å². The van der Waals surface area contributed by atoms with Gasteiger partial charge < -0.3 is 15.2 Å². The molecule has 0 aromatic heterocycles. The number of carboxylic acid groups (broad SMARTS) is 1. The second-order valence-electron chi connectivity index (χ2n) is 3.94. The smallest absolute Gasteiger partial charge is 0.407 e. The lowest BCUT2D eigenvalue weighted by Gasteiger charge is -2.08. The van der Waals surface area contributed by atoms with E-state index < -0.39 is 5.97 Å². The molecule has 0 rings (SSSR count). The summed E-state index contributed by atoms with van der Waals surface area (Å²) in [5.41, 5.74) is 0. The molecule has 2 N–H and O–H groups in total. The average molecular weight is 231 g/mol. The molecule has 0 radical (unpaired) electrons. The largest absolute Gasteiger partial charge is 0.481 e. The summed E-state index contributed by atoms with van der Waals surface area (Å²) in [6.45, 7) is 4.18. The van der Waals surface area contributed by atoms with E-state index in [1.54, 1.807) is 13.8 Å². The molecule has 0 aromatic carbocycles. The molecular formula is C11H21NO4. The Morgan fingerprint density at radius 1 is 1.19 bits per heavy atom. The zero-order valence-corrected chi connectivity index (χ0v) is 9.99. The highest BCUT2D eigenvalue weighted by Crippen LogP contribution is 2.02. The van der Waals surface area contributed by atoms with E-state index in [1.807, 2.05) is 0 Å². The molecule has 16 heavy (non-hydrogen) atoms. The molecule has 5 heteroatoms. The highest BCUT2D eigenvalue weighted by Gasteiger charge is 2.03. The van der Waals surface area contributed by atoms with Gasteiger partial charge in [-0.1, -0.05) is 12.8 Å². The molecule has 1 amide bonds. The summed E-state index contributed by atoms with van der Waals surface area (Å²) in [5, 5.41) is 11.0. The third kappa shape index (κ3) is 10.8. The number of carbonyl (C=O) groups is 2. The molecule has 0 aliphatic carbocycles. The normalized spacial score (nSPS) is 10.2. The van der Waals surface area contributed by atoms with Gasteiger partial charge in [0.05, 0.1) is 6.10 Å². The molecule has 5 nitrogen and oxygen atoms in total. The van der Waals surface area contributed by atoms with Crippen LogP contribution in [0.3, 0.4) is 0 Å². The van der Waals surface area contributed by atoms with E-state index in [0.717, 1.165) is 19.3 Å². The van der Waals surface area contributed by atoms with Gasteiger partial charge in [-0.15, -0.1) is 0 Å². The predicted molar refractivity (Wildman–Crippen MR) is 60.3 cm³/mol. The number of hydrogen-bond donors (Lipinski definition) is 2. The lowest BCUT2D eigenvalue weighted by molar-refractivity contribution is -0.137. The van der Waals surface area contributed by atoms with Crippen molar-refractivity contribution in [2.24, 2.45) is 0 Å². The maximum absolute atomic E-state index is 11.0. The topological polar surface area (TPSA) is 75.6 Å². The molecule has 0 saturated carbocycles. The van der Waals surface area contributed by atoms with Gasteiger partial charge in [-0.2, -0.15) is 0 Å². The number of carbonyl (C=O) groups excluding carboxylic acids is 1. The van der Waals surface area contributed by atoms with Gasteiger partial charge in [0.15, 0.2) is 0 Å². The first-order valence-corrected chi connectivity index (χ1v) is 5.68. The average Bonchev–Trinajstić information content (AvgIpc) is 2.14. The van der Waals surface area contributed by atoms with Crippen molar-refractivity contribution < 1.29 is 19.4 Å². The molecule has 0 saturated heterocycles. The van der Waals surface area contributed by atoms with Gasteiger partial charge in [-0.25, -0.2) is 4.79 Å². The standard InChI is InChI=1S/C11H21NO4/c1-9(2)16-11(15)12-8-6-4-3-5-7-10(13)14/h9H,3-8H2,1-2H3,(H,12,15)(H,13,14). The molecule has 0 aromatic rings. The van der Waals surface area contributed by atoms with Crippen LogP contribution in [0.1, 0.15) is 46.0 Å². The van der Waals surface area contributed by atoms with Gasteiger partial charge >= 0.3 is 12.1 Å². The molecule has 0 unspecified atom stereocenters. The lowest BCUT2D eigenvalue weighted by Crippen LogP contribution is -2.27. The first-order valence-electron chi connectivity index (χ1n) is 5.68. The van der Waals surface area contributed by atoms with Gasteiger partial charge in [0.1, 0.15) is 0 Å². The molecule has 0 atom stereocenters. The van der Waals surface area contributed by atoms with E-state index >= 15 is 0 Å². The van der Waals surface area contributed by atoms with Crippen LogP contribution in [0.25, 0.3) is 0 Å². The van der Waals surface area contributed by atoms with E-state index in [9.17, 15) is 9.59 Å². The maximum Gasteiger partial charge on any atom is 0.407 e. The SMILES string of the molecule is CC(C)OC(=O)NCCCCCCC(=O)O. The van der Waals surface area contributed by atoms with Gasteiger partial charge in [-0.05, 0) is 26.7 Å². The number of hydrogen-bond acceptors (Lipinski definition) is 3. The predicted octanol–water partition coefficient (Wildman–Crippen LogP) is 2.16. The Morgan fingerprint density at radius 2 is 1.81 bits per heavy atom. The molecule has 0 aliphatic rings. The number of amides is 1. The minimum Gasteiger partial charge on any atom is -0.481 e. The molecule has 0 fully saturated rings. The van der Waals surface area contributed by atoms with Crippen LogP contribution >= 0.6 is 0 Å². The quantitative estimate of drug-likeness (QED) is 0.628. The van der Waals surface area contributed by atoms with Crippen molar-refractivity contribution >= 4 is 12.1 Å². The van der Waals surface area contributed by atoms with Crippen LogP contribution in [-0.2, 0) is 9.53 Å². The third-order valence-corrected chi connectivity index (χ3v) is 1.93. The summed E-state index contributed by atoms with van der Waals surface area (Å²) in [7, 11) is 0. The number of aliphatic carboxylic acids is 1. The monoisotopic (exact) mass is 231 g/mol. The van der Waals surface area contributed by atoms with Crippen molar-refractivity contribution in [1.29, 1.82) is 0 Å². The van der Waals surface area contributed by atoms with Crippen molar-refractivity contribution in [1.82, 2.24) is 5.32 Å². The van der Waals surface area contributed by atoms with Crippen LogP contribution in [0.15, 0.2) is 0 Å². The molecular weight excluding hydrogens is 210 g/mol. The zero-order valence-electron chi connectivity index (χ0n) is 9.99. The third-order valence-electron chi connectivity index (χ3n) is 1.93. The fraction of sp³-hybridized carbons (Fsp3) is 0.818. The number of rotatable bonds is 8. The van der Waals surface area contributed by atoms with E-state index in [-0.39, 0.29) is 18.6 Å². The second-order valence-corrected chi connectivity index (χ2v) is 3.94. The van der Waals surface area contributed by atoms with Gasteiger partial charge in [0.25, 0.3) is 0 Å². The van der Waals surface area contributed by atoms with E-state index in [0.29, 0.717) is 13.0 Å². The Kier molecular flexibility index (Phi) is 8.29. The summed E-state index contributed by atoms with van der Waals surface area (Å²) in [6.07, 6.45) is 3.10. The first-order chi connectivity index (χ1) is 7.52. The molecule has 0 bridgehead atoms. The van der Waals surface area contributed by atoms with E-state index in [2.05, 4.69) is 5.32 Å². The molecule has 0 spiro atoms. The summed E-state index contributed by atoms with van der Waals surface area (Å²) < 4.78 is 4.88. The number of alkyl carbamates (subject to hydrolysis) is 1. The summed E-state index contributed by atoms with van der Waals surface area (Å²) in [5.74, 6) is -0.751. The number of unbranched alkanes of at least 4 members (excludes halogenated alkanes) is 3. The number of carboxylic acids is 1. The van der Waals surface area contributed by atoms with Crippen molar-refractivity contribution in [3.8, 4) is 0 Å². The summed E-state index contributed by atoms with van der Waals surface area (Å²) >= 11 is 0. The molecule has 0 heterocycles. The van der Waals surface area contributed by atoms with Crippen molar-refractivity contribution in [3.63, 3.8) is 0 Å². The van der Waals surface area contributed by atoms with Crippen LogP contribution in [0.2, 0.25) is 0 Å². The highest BCUT2D eigenvalue weighted by atomic mass is 16.6. The maximum atomic E-state index is 11.0. The second kappa shape index (κ2) is 9.00. The first kappa shape index (κ1) is 14.7. The Labute approximate surface area is 96.2 Å². The van der Waals surface area contributed by atoms with E-state index in [1.165, 1.54) is 0 Å². The highest BCUT2D eigenvalue weighted by molar-refractivity contribution is 5.67. The minimum absolute atomic E-state index is 0.101. The van der Waals surface area contributed by atoms with Gasteiger partial charge in [0, 0.05) is 13.0 Å². The van der Waals surface area contributed by atoms with Gasteiger partial charge in [0.2, 0.25) is 0 Å². The van der Waals surface area contributed by atoms with E-state index in [4.69, 9.17) is 9.84 Å². The molecule has 94 valence electrons. The summed E-state index contributed by atoms with van der Waals surface area (Å²) in [6, 6.07) is 0. The van der Waals surface area contributed by atoms with Crippen LogP contribution < -0.4 is 5.32 Å². The number of ether oxygens (including phenoxy) is 1. The fourth-order valence-corrected chi connectivity index (χ4v) is 1.20. The zero-order chi connectivity index (χ0) is 12.4. The van der Waals surface area contributed by atoms with Crippen molar-refractivity contribution in [2.45, 2.75) is 52.1 Å². The van der Waals surface area contributed by atoms with Crippen LogP contribution in [0, 0.1) is 0 Å².